The lowest BCUT2D eigenvalue weighted by atomic mass is 10.1. The molecule has 0 aromatic heterocycles. The van der Waals surface area contributed by atoms with E-state index in [1.54, 1.807) is 18.7 Å². The Kier molecular flexibility index (Phi) is 3.60. The second kappa shape index (κ2) is 4.74. The Labute approximate surface area is 111 Å². The first-order chi connectivity index (χ1) is 8.47. The molecule has 0 N–H and O–H groups in total. The molecule has 1 aliphatic heterocycles. The molecule has 0 aromatic rings. The number of rotatable bonds is 3. The zero-order chi connectivity index (χ0) is 13.4. The first-order valence-electron chi connectivity index (χ1n) is 5.98. The normalized spacial score (nSPS) is 26.4. The Balaban J connectivity index is 2.25. The summed E-state index contributed by atoms with van der Waals surface area (Å²) in [4.78, 5) is 13.7. The highest BCUT2D eigenvalue weighted by molar-refractivity contribution is 8.01. The van der Waals surface area contributed by atoms with Gasteiger partial charge in [0.1, 0.15) is 10.8 Å². The van der Waals surface area contributed by atoms with Crippen LogP contribution in [0.3, 0.4) is 0 Å². The van der Waals surface area contributed by atoms with E-state index in [2.05, 4.69) is 0 Å². The van der Waals surface area contributed by atoms with E-state index in [4.69, 9.17) is 5.26 Å². The van der Waals surface area contributed by atoms with Crippen LogP contribution in [0.15, 0.2) is 0 Å². The molecule has 0 spiro atoms. The number of amides is 1. The fourth-order valence-electron chi connectivity index (χ4n) is 2.08. The van der Waals surface area contributed by atoms with Gasteiger partial charge in [-0.2, -0.15) is 17.0 Å². The lowest BCUT2D eigenvalue weighted by Gasteiger charge is -2.35. The first-order valence-corrected chi connectivity index (χ1v) is 8.85. The summed E-state index contributed by atoms with van der Waals surface area (Å²) < 4.78 is 24.0. The van der Waals surface area contributed by atoms with E-state index >= 15 is 0 Å². The van der Waals surface area contributed by atoms with Crippen LogP contribution >= 0.6 is 11.8 Å². The average molecular weight is 288 g/mol. The summed E-state index contributed by atoms with van der Waals surface area (Å²) in [6.07, 6.45) is 1.12. The van der Waals surface area contributed by atoms with E-state index in [1.807, 2.05) is 6.07 Å². The third-order valence-electron chi connectivity index (χ3n) is 3.54. The lowest BCUT2D eigenvalue weighted by molar-refractivity contribution is -0.135. The first kappa shape index (κ1) is 13.7. The molecule has 2 fully saturated rings. The maximum atomic E-state index is 12.3. The van der Waals surface area contributed by atoms with Gasteiger partial charge >= 0.3 is 0 Å². The Bertz CT molecular complexity index is 491. The third kappa shape index (κ3) is 2.24. The van der Waals surface area contributed by atoms with E-state index in [0.29, 0.717) is 25.1 Å². The minimum Gasteiger partial charge on any atom is -0.323 e. The van der Waals surface area contributed by atoms with Gasteiger partial charge in [-0.1, -0.05) is 6.92 Å². The van der Waals surface area contributed by atoms with Gasteiger partial charge in [-0.3, -0.25) is 4.79 Å². The Morgan fingerprint density at radius 3 is 2.72 bits per heavy atom. The van der Waals surface area contributed by atoms with Crippen LogP contribution < -0.4 is 0 Å². The zero-order valence-corrected chi connectivity index (χ0v) is 11.9. The number of nitrogens with zero attached hydrogens (tertiary/aromatic N) is 2. The van der Waals surface area contributed by atoms with E-state index in [1.165, 1.54) is 4.90 Å². The molecule has 0 aromatic carbocycles. The highest BCUT2D eigenvalue weighted by atomic mass is 32.2. The van der Waals surface area contributed by atoms with Crippen molar-refractivity contribution in [1.29, 1.82) is 5.26 Å². The molecule has 5 nitrogen and oxygen atoms in total. The molecule has 100 valence electrons. The van der Waals surface area contributed by atoms with Crippen molar-refractivity contribution in [3.8, 4) is 6.07 Å². The summed E-state index contributed by atoms with van der Waals surface area (Å²) in [5.41, 5.74) is -0.927. The van der Waals surface area contributed by atoms with E-state index in [9.17, 15) is 13.2 Å². The molecule has 1 saturated carbocycles. The molecular weight excluding hydrogens is 272 g/mol. The van der Waals surface area contributed by atoms with Gasteiger partial charge in [-0.05, 0) is 12.8 Å². The number of sulfone groups is 1. The lowest BCUT2D eigenvalue weighted by Crippen LogP contribution is -2.52. The highest BCUT2D eigenvalue weighted by Gasteiger charge is 2.54. The summed E-state index contributed by atoms with van der Waals surface area (Å²) in [6, 6.07) is 2.05. The van der Waals surface area contributed by atoms with Crippen LogP contribution in [0.25, 0.3) is 0 Å². The van der Waals surface area contributed by atoms with Crippen LogP contribution in [0.5, 0.6) is 0 Å². The van der Waals surface area contributed by atoms with Crippen LogP contribution in [-0.2, 0) is 14.6 Å². The topological polar surface area (TPSA) is 78.2 Å². The van der Waals surface area contributed by atoms with Crippen molar-refractivity contribution in [2.75, 3.05) is 23.8 Å². The molecule has 1 heterocycles. The second-order valence-electron chi connectivity index (χ2n) is 4.67. The number of carbonyl (C=O) groups excluding carboxylic acids is 1. The highest BCUT2D eigenvalue weighted by Crippen LogP contribution is 2.47. The van der Waals surface area contributed by atoms with Crippen molar-refractivity contribution in [3.05, 3.63) is 0 Å². The minimum absolute atomic E-state index is 0.0293. The molecule has 2 rings (SSSR count). The fourth-order valence-corrected chi connectivity index (χ4v) is 5.04. The Morgan fingerprint density at radius 2 is 2.22 bits per heavy atom. The van der Waals surface area contributed by atoms with Gasteiger partial charge in [-0.25, -0.2) is 8.42 Å². The predicted octanol–water partition coefficient (Wildman–Crippen LogP) is 0.626. The molecule has 1 atom stereocenters. The molecule has 0 bridgehead atoms. The van der Waals surface area contributed by atoms with Crippen molar-refractivity contribution in [2.45, 2.75) is 25.1 Å². The van der Waals surface area contributed by atoms with Gasteiger partial charge in [0.05, 0.1) is 6.07 Å². The number of hydrogen-bond donors (Lipinski definition) is 0. The predicted molar refractivity (Wildman–Crippen MR) is 69.6 cm³/mol. The molecule has 1 saturated heterocycles. The smallest absolute Gasteiger partial charge is 0.244 e. The van der Waals surface area contributed by atoms with Crippen molar-refractivity contribution in [1.82, 2.24) is 4.90 Å². The van der Waals surface area contributed by atoms with Crippen LogP contribution in [0, 0.1) is 16.7 Å². The third-order valence-corrected chi connectivity index (χ3v) is 6.82. The van der Waals surface area contributed by atoms with Gasteiger partial charge in [0.15, 0.2) is 9.84 Å². The van der Waals surface area contributed by atoms with Crippen LogP contribution in [0.4, 0.5) is 0 Å². The molecular formula is C11H16N2O3S2. The Hall–Kier alpha value is -0.740. The standard InChI is InChI=1S/C11H16N2O3S2/c1-2-18(15,16)9-7-17-6-5-13(9)10(14)11(8-12)3-4-11/h9H,2-7H2,1H3. The molecule has 18 heavy (non-hydrogen) atoms. The van der Waals surface area contributed by atoms with Gasteiger partial charge in [0.2, 0.25) is 5.91 Å². The number of hydrogen-bond acceptors (Lipinski definition) is 5. The van der Waals surface area contributed by atoms with E-state index in [-0.39, 0.29) is 11.7 Å². The van der Waals surface area contributed by atoms with Gasteiger partial charge in [0, 0.05) is 23.8 Å². The number of thioether (sulfide) groups is 1. The van der Waals surface area contributed by atoms with Crippen molar-refractivity contribution in [3.63, 3.8) is 0 Å². The molecule has 0 radical (unpaired) electrons. The quantitative estimate of drug-likeness (QED) is 0.761. The van der Waals surface area contributed by atoms with Crippen LogP contribution in [0.1, 0.15) is 19.8 Å². The molecule has 1 amide bonds. The summed E-state index contributed by atoms with van der Waals surface area (Å²) in [5.74, 6) is 0.904. The number of nitriles is 1. The van der Waals surface area contributed by atoms with Crippen molar-refractivity contribution < 1.29 is 13.2 Å². The van der Waals surface area contributed by atoms with Crippen molar-refractivity contribution in [2.24, 2.45) is 5.41 Å². The number of carbonyl (C=O) groups is 1. The monoisotopic (exact) mass is 288 g/mol. The van der Waals surface area contributed by atoms with E-state index < -0.39 is 20.6 Å². The van der Waals surface area contributed by atoms with Crippen LogP contribution in [-0.4, -0.2) is 48.4 Å². The summed E-state index contributed by atoms with van der Waals surface area (Å²) in [7, 11) is -3.28. The van der Waals surface area contributed by atoms with Crippen LogP contribution in [0.2, 0.25) is 0 Å². The molecule has 1 unspecified atom stereocenters. The maximum Gasteiger partial charge on any atom is 0.244 e. The fraction of sp³-hybridized carbons (Fsp3) is 0.818. The molecule has 1 aliphatic carbocycles. The minimum atomic E-state index is -3.28. The average Bonchev–Trinajstić information content (AvgIpc) is 3.19. The van der Waals surface area contributed by atoms with Gasteiger partial charge < -0.3 is 4.90 Å². The molecule has 2 aliphatic rings. The zero-order valence-electron chi connectivity index (χ0n) is 10.3. The second-order valence-corrected chi connectivity index (χ2v) is 8.27. The van der Waals surface area contributed by atoms with Crippen molar-refractivity contribution >= 4 is 27.5 Å². The Morgan fingerprint density at radius 1 is 1.56 bits per heavy atom. The van der Waals surface area contributed by atoms with Gasteiger partial charge in [-0.15, -0.1) is 0 Å². The summed E-state index contributed by atoms with van der Waals surface area (Å²) in [6.45, 7) is 2.02. The molecule has 7 heteroatoms. The SMILES string of the molecule is CCS(=O)(=O)C1CSCCN1C(=O)C1(C#N)CC1. The van der Waals surface area contributed by atoms with E-state index in [0.717, 1.165) is 5.75 Å². The summed E-state index contributed by atoms with van der Waals surface area (Å²) in [5, 5.41) is 8.30. The summed E-state index contributed by atoms with van der Waals surface area (Å²) >= 11 is 1.55. The maximum absolute atomic E-state index is 12.3. The van der Waals surface area contributed by atoms with Gasteiger partial charge in [0.25, 0.3) is 0 Å². The largest absolute Gasteiger partial charge is 0.323 e.